The highest BCUT2D eigenvalue weighted by Gasteiger charge is 2.11. The van der Waals surface area contributed by atoms with Gasteiger partial charge in [-0.2, -0.15) is 0 Å². The molecule has 1 aromatic heterocycles. The van der Waals surface area contributed by atoms with E-state index >= 15 is 0 Å². The Bertz CT molecular complexity index is 318. The number of hydrogen-bond acceptors (Lipinski definition) is 2. The fraction of sp³-hybridized carbons (Fsp3) is 0.429. The molecule has 14 heavy (non-hydrogen) atoms. The summed E-state index contributed by atoms with van der Waals surface area (Å²) in [7, 11) is 0. The molecule has 1 heterocycles. The number of carbonyl (C=O) groups excluding carboxylic acids is 1. The lowest BCUT2D eigenvalue weighted by Gasteiger charge is -2.04. The smallest absolute Gasteiger partial charge is 0.270 e. The molecule has 0 bridgehead atoms. The van der Waals surface area contributed by atoms with Crippen LogP contribution in [0.2, 0.25) is 0 Å². The predicted octanol–water partition coefficient (Wildman–Crippen LogP) is 1.14. The van der Waals surface area contributed by atoms with Crippen molar-refractivity contribution in [3.63, 3.8) is 0 Å². The first-order valence-electron chi connectivity index (χ1n) is 3.82. The lowest BCUT2D eigenvalue weighted by molar-refractivity contribution is -0.123. The Balaban J connectivity index is 2.25. The number of rotatable bonds is 4. The van der Waals surface area contributed by atoms with E-state index in [1.54, 1.807) is 10.9 Å². The van der Waals surface area contributed by atoms with Crippen LogP contribution < -0.4 is 5.32 Å². The maximum Gasteiger partial charge on any atom is 0.270 e. The molecule has 1 amide bonds. The van der Waals surface area contributed by atoms with E-state index in [0.29, 0.717) is 13.1 Å². The maximum absolute atomic E-state index is 12.2. The van der Waals surface area contributed by atoms with Crippen molar-refractivity contribution >= 4 is 40.1 Å². The van der Waals surface area contributed by atoms with Crippen LogP contribution in [0.5, 0.6) is 0 Å². The molecule has 78 valence electrons. The maximum atomic E-state index is 12.2. The second-order valence-electron chi connectivity index (χ2n) is 2.53. The van der Waals surface area contributed by atoms with Gasteiger partial charge in [0.2, 0.25) is 0 Å². The molecule has 1 atom stereocenters. The third-order valence-corrected chi connectivity index (χ3v) is 2.22. The summed E-state index contributed by atoms with van der Waals surface area (Å²) in [5.74, 6) is -0.804. The van der Waals surface area contributed by atoms with Crippen LogP contribution in [0.15, 0.2) is 12.5 Å². The second-order valence-corrected chi connectivity index (χ2v) is 4.01. The molecule has 4 nitrogen and oxygen atoms in total. The highest BCUT2D eigenvalue weighted by Crippen LogP contribution is 1.99. The first kappa shape index (κ1) is 11.7. The summed E-state index contributed by atoms with van der Waals surface area (Å²) in [6.45, 7) is 0.879. The van der Waals surface area contributed by atoms with E-state index in [0.717, 1.165) is 3.70 Å². The minimum absolute atomic E-state index is 0.332. The van der Waals surface area contributed by atoms with Gasteiger partial charge < -0.3 is 9.88 Å². The van der Waals surface area contributed by atoms with Gasteiger partial charge in [-0.25, -0.2) is 9.37 Å². The van der Waals surface area contributed by atoms with Crippen molar-refractivity contribution in [2.45, 2.75) is 12.2 Å². The van der Waals surface area contributed by atoms with E-state index in [1.807, 2.05) is 6.20 Å². The molecular weight excluding hydrogens is 323 g/mol. The summed E-state index contributed by atoms with van der Waals surface area (Å²) in [6, 6.07) is 0. The number of hydrogen-bond donors (Lipinski definition) is 1. The molecule has 0 saturated heterocycles. The van der Waals surface area contributed by atoms with Crippen molar-refractivity contribution in [2.75, 3.05) is 6.54 Å². The molecule has 0 aromatic carbocycles. The lowest BCUT2D eigenvalue weighted by Crippen LogP contribution is -2.31. The van der Waals surface area contributed by atoms with Crippen molar-refractivity contribution in [2.24, 2.45) is 0 Å². The quantitative estimate of drug-likeness (QED) is 0.664. The van der Waals surface area contributed by atoms with Crippen LogP contribution in [0.4, 0.5) is 4.39 Å². The molecule has 0 aliphatic carbocycles. The van der Waals surface area contributed by atoms with Crippen LogP contribution in [0.25, 0.3) is 0 Å². The molecule has 0 radical (unpaired) electrons. The molecular formula is C7H8ClFIN3O. The van der Waals surface area contributed by atoms with Gasteiger partial charge in [0, 0.05) is 19.3 Å². The van der Waals surface area contributed by atoms with E-state index in [1.165, 1.54) is 0 Å². The number of imidazole rings is 1. The molecule has 0 spiro atoms. The van der Waals surface area contributed by atoms with Gasteiger partial charge in [-0.15, -0.1) is 0 Å². The molecule has 1 rings (SSSR count). The number of halogens is 3. The van der Waals surface area contributed by atoms with E-state index in [-0.39, 0.29) is 0 Å². The normalized spacial score (nSPS) is 12.5. The van der Waals surface area contributed by atoms with Crippen molar-refractivity contribution in [1.29, 1.82) is 0 Å². The molecule has 0 fully saturated rings. The molecule has 0 saturated carbocycles. The Morgan fingerprint density at radius 2 is 2.57 bits per heavy atom. The first-order chi connectivity index (χ1) is 6.59. The number of nitrogens with zero attached hydrogens (tertiary/aromatic N) is 2. The monoisotopic (exact) mass is 331 g/mol. The van der Waals surface area contributed by atoms with Crippen LogP contribution in [0.1, 0.15) is 0 Å². The molecule has 1 unspecified atom stereocenters. The Labute approximate surface area is 99.0 Å². The Morgan fingerprint density at radius 3 is 3.07 bits per heavy atom. The largest absolute Gasteiger partial charge is 0.351 e. The van der Waals surface area contributed by atoms with Gasteiger partial charge in [0.1, 0.15) is 3.70 Å². The predicted molar refractivity (Wildman–Crippen MR) is 58.7 cm³/mol. The second kappa shape index (κ2) is 5.50. The average molecular weight is 332 g/mol. The third kappa shape index (κ3) is 3.79. The van der Waals surface area contributed by atoms with Gasteiger partial charge in [-0.05, 0) is 22.6 Å². The van der Waals surface area contributed by atoms with E-state index < -0.39 is 11.5 Å². The third-order valence-electron chi connectivity index (χ3n) is 1.47. The highest BCUT2D eigenvalue weighted by atomic mass is 127. The molecule has 0 aliphatic heterocycles. The summed E-state index contributed by atoms with van der Waals surface area (Å²) in [4.78, 5) is 14.7. The van der Waals surface area contributed by atoms with Gasteiger partial charge in [0.15, 0.2) is 0 Å². The highest BCUT2D eigenvalue weighted by molar-refractivity contribution is 14.1. The van der Waals surface area contributed by atoms with Crippen LogP contribution in [-0.4, -0.2) is 27.6 Å². The van der Waals surface area contributed by atoms with Gasteiger partial charge in [0.25, 0.3) is 11.5 Å². The summed E-state index contributed by atoms with van der Waals surface area (Å²) in [5, 5.41) is 2.34. The minimum atomic E-state index is -1.97. The van der Waals surface area contributed by atoms with Crippen molar-refractivity contribution in [3.8, 4) is 0 Å². The zero-order chi connectivity index (χ0) is 10.6. The van der Waals surface area contributed by atoms with E-state index in [2.05, 4.69) is 32.9 Å². The van der Waals surface area contributed by atoms with Gasteiger partial charge >= 0.3 is 0 Å². The summed E-state index contributed by atoms with van der Waals surface area (Å²) < 4.78 is 14.8. The zero-order valence-electron chi connectivity index (χ0n) is 7.08. The van der Waals surface area contributed by atoms with E-state index in [4.69, 9.17) is 11.6 Å². The molecule has 7 heteroatoms. The number of alkyl halides is 2. The number of aromatic nitrogens is 2. The topological polar surface area (TPSA) is 46.9 Å². The average Bonchev–Trinajstić information content (AvgIpc) is 2.51. The van der Waals surface area contributed by atoms with Crippen LogP contribution >= 0.6 is 34.2 Å². The first-order valence-corrected chi connectivity index (χ1v) is 5.34. The fourth-order valence-electron chi connectivity index (χ4n) is 0.840. The van der Waals surface area contributed by atoms with Gasteiger partial charge in [-0.3, -0.25) is 4.79 Å². The van der Waals surface area contributed by atoms with Crippen molar-refractivity contribution in [1.82, 2.24) is 14.9 Å². The van der Waals surface area contributed by atoms with Crippen LogP contribution in [0, 0.1) is 3.70 Å². The van der Waals surface area contributed by atoms with Crippen LogP contribution in [-0.2, 0) is 11.3 Å². The number of amides is 1. The molecule has 0 aliphatic rings. The Kier molecular flexibility index (Phi) is 4.59. The standard InChI is InChI=1S/C7H8ClFIN3O/c8-6(9)7(14)11-1-2-13-3-5(10)12-4-13/h3-4,6H,1-2H2,(H,11,14). The summed E-state index contributed by atoms with van der Waals surface area (Å²) in [6.07, 6.45) is 3.46. The number of nitrogens with one attached hydrogen (secondary N) is 1. The fourth-order valence-corrected chi connectivity index (χ4v) is 1.40. The van der Waals surface area contributed by atoms with Crippen LogP contribution in [0.3, 0.4) is 0 Å². The molecule has 1 N–H and O–H groups in total. The lowest BCUT2D eigenvalue weighted by atomic mass is 10.5. The van der Waals surface area contributed by atoms with Gasteiger partial charge in [0.05, 0.1) is 6.33 Å². The van der Waals surface area contributed by atoms with Gasteiger partial charge in [-0.1, -0.05) is 11.6 Å². The van der Waals surface area contributed by atoms with E-state index in [9.17, 15) is 9.18 Å². The minimum Gasteiger partial charge on any atom is -0.351 e. The zero-order valence-corrected chi connectivity index (χ0v) is 10.00. The Morgan fingerprint density at radius 1 is 1.86 bits per heavy atom. The van der Waals surface area contributed by atoms with Crippen molar-refractivity contribution < 1.29 is 9.18 Å². The number of carbonyl (C=O) groups is 1. The Hall–Kier alpha value is -0.370. The SMILES string of the molecule is O=C(NCCn1cnc(I)c1)C(F)Cl. The summed E-state index contributed by atoms with van der Waals surface area (Å²) in [5.41, 5.74) is -1.97. The molecule has 1 aromatic rings. The summed E-state index contributed by atoms with van der Waals surface area (Å²) >= 11 is 6.99. The van der Waals surface area contributed by atoms with Crippen molar-refractivity contribution in [3.05, 3.63) is 16.2 Å².